The Kier molecular flexibility index (Phi) is 6.08. The normalized spacial score (nSPS) is 12.1. The van der Waals surface area contributed by atoms with Crippen LogP contribution in [-0.4, -0.2) is 4.98 Å². The number of rotatable bonds is 4. The van der Waals surface area contributed by atoms with Crippen LogP contribution in [0.15, 0.2) is 170 Å². The number of para-hydroxylation sites is 1. The van der Waals surface area contributed by atoms with Crippen LogP contribution in [-0.2, 0) is 0 Å². The quantitative estimate of drug-likeness (QED) is 0.193. The molecule has 2 nitrogen and oxygen atoms in total. The molecule has 3 heteroatoms. The zero-order valence-corrected chi connectivity index (χ0v) is 26.8. The molecule has 2 aromatic heterocycles. The predicted octanol–water partition coefficient (Wildman–Crippen LogP) is 13.1. The Bertz CT molecular complexity index is 2600. The minimum Gasteiger partial charge on any atom is -0.309 e. The van der Waals surface area contributed by atoms with Gasteiger partial charge in [0.2, 0.25) is 0 Å². The lowest BCUT2D eigenvalue weighted by Gasteiger charge is -2.34. The molecular weight excluding hydrogens is 601 g/mol. The van der Waals surface area contributed by atoms with Crippen molar-refractivity contribution in [3.8, 4) is 44.8 Å². The summed E-state index contributed by atoms with van der Waals surface area (Å²) in [7, 11) is 0. The molecular formula is C45H28N2S. The van der Waals surface area contributed by atoms with Crippen molar-refractivity contribution in [3.05, 3.63) is 170 Å². The van der Waals surface area contributed by atoms with E-state index in [0.717, 1.165) is 33.8 Å². The molecule has 0 radical (unpaired) electrons. The molecule has 48 heavy (non-hydrogen) atoms. The van der Waals surface area contributed by atoms with Gasteiger partial charge >= 0.3 is 0 Å². The monoisotopic (exact) mass is 628 g/mol. The number of aromatic nitrogens is 1. The SMILES string of the molecule is c1ccc(-c2cc(-c3ccccc3)nc(-c3ccc4c5c(cccc35)N(c3ccccc3)c3c-4ccc4sc5ccccc5c34)c2)cc1. The fraction of sp³-hybridized carbons (Fsp3) is 0. The minimum absolute atomic E-state index is 0.968. The third kappa shape index (κ3) is 4.15. The van der Waals surface area contributed by atoms with Crippen LogP contribution in [0.1, 0.15) is 0 Å². The van der Waals surface area contributed by atoms with Gasteiger partial charge in [-0.2, -0.15) is 0 Å². The molecule has 1 aliphatic heterocycles. The molecule has 0 amide bonds. The first kappa shape index (κ1) is 27.1. The number of thiophene rings is 1. The fourth-order valence-corrected chi connectivity index (χ4v) is 8.57. The molecule has 0 atom stereocenters. The second kappa shape index (κ2) is 10.8. The molecule has 0 aliphatic carbocycles. The van der Waals surface area contributed by atoms with E-state index in [9.17, 15) is 0 Å². The maximum Gasteiger partial charge on any atom is 0.0721 e. The fourth-order valence-electron chi connectivity index (χ4n) is 7.46. The number of pyridine rings is 1. The van der Waals surface area contributed by atoms with Crippen LogP contribution in [0.4, 0.5) is 17.1 Å². The molecule has 3 heterocycles. The molecule has 1 aliphatic rings. The van der Waals surface area contributed by atoms with Crippen LogP contribution in [0.25, 0.3) is 75.7 Å². The standard InChI is InChI=1S/C45H28N2S/c1-4-13-29(14-5-1)31-27-38(30-15-6-2-7-16-30)46-39(28-31)33-23-24-35-36-25-26-42-44(37-19-10-11-22-41(37)48-42)45(36)47(32-17-8-3-9-18-32)40-21-12-20-34(33)43(35)40/h1-28H. The van der Waals surface area contributed by atoms with Crippen molar-refractivity contribution >= 4 is 59.3 Å². The van der Waals surface area contributed by atoms with E-state index in [4.69, 9.17) is 4.98 Å². The minimum atomic E-state index is 0.968. The average molecular weight is 629 g/mol. The van der Waals surface area contributed by atoms with Crippen molar-refractivity contribution in [2.75, 3.05) is 4.90 Å². The number of nitrogens with zero attached hydrogens (tertiary/aromatic N) is 2. The van der Waals surface area contributed by atoms with Crippen molar-refractivity contribution in [1.82, 2.24) is 4.98 Å². The predicted molar refractivity (Wildman–Crippen MR) is 205 cm³/mol. The van der Waals surface area contributed by atoms with Gasteiger partial charge in [0.15, 0.2) is 0 Å². The van der Waals surface area contributed by atoms with E-state index >= 15 is 0 Å². The summed E-state index contributed by atoms with van der Waals surface area (Å²) >= 11 is 1.87. The maximum atomic E-state index is 5.33. The topological polar surface area (TPSA) is 16.1 Å². The van der Waals surface area contributed by atoms with Gasteiger partial charge in [-0.25, -0.2) is 4.98 Å². The van der Waals surface area contributed by atoms with Crippen LogP contribution in [0, 0.1) is 0 Å². The van der Waals surface area contributed by atoms with Gasteiger partial charge in [-0.05, 0) is 64.5 Å². The van der Waals surface area contributed by atoms with Crippen LogP contribution in [0.5, 0.6) is 0 Å². The molecule has 9 aromatic rings. The van der Waals surface area contributed by atoms with E-state index < -0.39 is 0 Å². The zero-order chi connectivity index (χ0) is 31.6. The van der Waals surface area contributed by atoms with Gasteiger partial charge in [-0.15, -0.1) is 11.3 Å². The van der Waals surface area contributed by atoms with E-state index in [0.29, 0.717) is 0 Å². The second-order valence-electron chi connectivity index (χ2n) is 12.3. The highest BCUT2D eigenvalue weighted by molar-refractivity contribution is 7.26. The molecule has 7 aromatic carbocycles. The first-order valence-corrected chi connectivity index (χ1v) is 17.1. The summed E-state index contributed by atoms with van der Waals surface area (Å²) in [6, 6.07) is 61.2. The summed E-state index contributed by atoms with van der Waals surface area (Å²) < 4.78 is 2.62. The number of fused-ring (bicyclic) bond motifs is 6. The molecule has 0 saturated heterocycles. The molecule has 0 bridgehead atoms. The van der Waals surface area contributed by atoms with Crippen molar-refractivity contribution in [1.29, 1.82) is 0 Å². The molecule has 224 valence electrons. The smallest absolute Gasteiger partial charge is 0.0721 e. The zero-order valence-electron chi connectivity index (χ0n) is 26.0. The van der Waals surface area contributed by atoms with Crippen LogP contribution >= 0.6 is 11.3 Å². The van der Waals surface area contributed by atoms with Gasteiger partial charge in [0.05, 0.1) is 22.8 Å². The Balaban J connectivity index is 1.28. The van der Waals surface area contributed by atoms with Crippen LogP contribution < -0.4 is 4.90 Å². The largest absolute Gasteiger partial charge is 0.309 e. The average Bonchev–Trinajstić information content (AvgIpc) is 3.55. The van der Waals surface area contributed by atoms with E-state index in [1.54, 1.807) is 0 Å². The lowest BCUT2D eigenvalue weighted by Crippen LogP contribution is -2.15. The van der Waals surface area contributed by atoms with Crippen molar-refractivity contribution in [2.45, 2.75) is 0 Å². The third-order valence-electron chi connectivity index (χ3n) is 9.58. The first-order valence-electron chi connectivity index (χ1n) is 16.3. The summed E-state index contributed by atoms with van der Waals surface area (Å²) in [6.45, 7) is 0. The van der Waals surface area contributed by atoms with Crippen molar-refractivity contribution in [3.63, 3.8) is 0 Å². The summed E-state index contributed by atoms with van der Waals surface area (Å²) in [5.74, 6) is 0. The van der Waals surface area contributed by atoms with Crippen molar-refractivity contribution < 1.29 is 0 Å². The van der Waals surface area contributed by atoms with Gasteiger partial charge in [0.25, 0.3) is 0 Å². The highest BCUT2D eigenvalue weighted by Crippen LogP contribution is 2.56. The molecule has 0 fully saturated rings. The van der Waals surface area contributed by atoms with Crippen LogP contribution in [0.3, 0.4) is 0 Å². The second-order valence-corrected chi connectivity index (χ2v) is 13.4. The summed E-state index contributed by atoms with van der Waals surface area (Å²) in [5.41, 5.74) is 12.6. The summed E-state index contributed by atoms with van der Waals surface area (Å²) in [5, 5.41) is 5.06. The van der Waals surface area contributed by atoms with Crippen LogP contribution in [0.2, 0.25) is 0 Å². The highest BCUT2D eigenvalue weighted by atomic mass is 32.1. The molecule has 10 rings (SSSR count). The highest BCUT2D eigenvalue weighted by Gasteiger charge is 2.30. The van der Waals surface area contributed by atoms with E-state index in [1.165, 1.54) is 59.0 Å². The Labute approximate surface area is 282 Å². The Morgan fingerprint density at radius 3 is 1.88 bits per heavy atom. The Morgan fingerprint density at radius 1 is 0.417 bits per heavy atom. The summed E-state index contributed by atoms with van der Waals surface area (Å²) in [4.78, 5) is 7.82. The third-order valence-corrected chi connectivity index (χ3v) is 10.7. The number of hydrogen-bond acceptors (Lipinski definition) is 3. The molecule has 0 unspecified atom stereocenters. The molecule has 0 saturated carbocycles. The van der Waals surface area contributed by atoms with E-state index in [-0.39, 0.29) is 0 Å². The molecule has 0 N–H and O–H groups in total. The van der Waals surface area contributed by atoms with Crippen molar-refractivity contribution in [2.24, 2.45) is 0 Å². The van der Waals surface area contributed by atoms with Gasteiger partial charge in [0.1, 0.15) is 0 Å². The summed E-state index contributed by atoms with van der Waals surface area (Å²) in [6.07, 6.45) is 0. The number of hydrogen-bond donors (Lipinski definition) is 0. The number of benzene rings is 7. The van der Waals surface area contributed by atoms with E-state index in [2.05, 4.69) is 175 Å². The Morgan fingerprint density at radius 2 is 1.06 bits per heavy atom. The van der Waals surface area contributed by atoms with Gasteiger partial charge in [0, 0.05) is 47.9 Å². The maximum absolute atomic E-state index is 5.33. The first-order chi connectivity index (χ1) is 23.8. The van der Waals surface area contributed by atoms with Gasteiger partial charge in [-0.1, -0.05) is 127 Å². The Hall–Kier alpha value is -6.03. The van der Waals surface area contributed by atoms with Gasteiger partial charge < -0.3 is 4.90 Å². The van der Waals surface area contributed by atoms with Gasteiger partial charge in [-0.3, -0.25) is 0 Å². The van der Waals surface area contributed by atoms with E-state index in [1.807, 2.05) is 11.3 Å². The lowest BCUT2D eigenvalue weighted by atomic mass is 9.86. The lowest BCUT2D eigenvalue weighted by molar-refractivity contribution is 1.30. The molecule has 0 spiro atoms. The number of anilines is 3.